The van der Waals surface area contributed by atoms with Gasteiger partial charge in [0.25, 0.3) is 21.9 Å². The second kappa shape index (κ2) is 20.0. The third-order valence-electron chi connectivity index (χ3n) is 12.4. The number of nitrogens with zero attached hydrogens (tertiary/aromatic N) is 3. The monoisotopic (exact) mass is 897 g/mol. The van der Waals surface area contributed by atoms with Crippen molar-refractivity contribution in [3.63, 3.8) is 0 Å². The molecule has 2 aromatic rings. The third kappa shape index (κ3) is 10.5. The number of Topliss-reactive ketones (excluding diaryl/α,β-unsaturated/α-hetero) is 1. The highest BCUT2D eigenvalue weighted by molar-refractivity contribution is 7.85. The fourth-order valence-corrected chi connectivity index (χ4v) is 9.51. The molecule has 342 valence electrons. The SMILES string of the molecule is CCCCCN1/C(=C/C2=C(NC(CS(=O)(=O)O)C(=O)NCCCCC(=O)NCCOCCN3C(=O)C=CC3=O)C(=C/C3=[N+](C)c4ccccc4C3(C)C)/C2=O)C(C)(C)c2ccccc21. The van der Waals surface area contributed by atoms with Crippen LogP contribution in [-0.4, -0.2) is 116 Å². The number of unbranched alkanes of at least 4 members (excludes halogenated alkanes) is 3. The average Bonchev–Trinajstić information content (AvgIpc) is 3.76. The Balaban J connectivity index is 1.19. The molecule has 0 saturated carbocycles. The lowest BCUT2D eigenvalue weighted by molar-refractivity contribution is -0.401. The van der Waals surface area contributed by atoms with Crippen LogP contribution in [0.25, 0.3) is 0 Å². The summed E-state index contributed by atoms with van der Waals surface area (Å²) in [6.07, 6.45) is 10.1. The summed E-state index contributed by atoms with van der Waals surface area (Å²) in [4.78, 5) is 67.4. The van der Waals surface area contributed by atoms with E-state index >= 15 is 0 Å². The van der Waals surface area contributed by atoms with Crippen LogP contribution in [0.1, 0.15) is 84.3 Å². The topological polar surface area (TPSA) is 195 Å². The molecule has 0 aromatic heterocycles. The van der Waals surface area contributed by atoms with E-state index in [0.717, 1.165) is 64.6 Å². The number of carbonyl (C=O) groups is 5. The van der Waals surface area contributed by atoms with Crippen LogP contribution >= 0.6 is 0 Å². The van der Waals surface area contributed by atoms with Crippen molar-refractivity contribution in [1.29, 1.82) is 0 Å². The largest absolute Gasteiger partial charge is 0.378 e. The summed E-state index contributed by atoms with van der Waals surface area (Å²) in [5.74, 6) is -2.91. The van der Waals surface area contributed by atoms with Gasteiger partial charge in [-0.3, -0.25) is 33.4 Å². The van der Waals surface area contributed by atoms with Crippen LogP contribution in [0.4, 0.5) is 11.4 Å². The van der Waals surface area contributed by atoms with E-state index < -0.39 is 38.6 Å². The molecular weight excluding hydrogens is 837 g/mol. The molecule has 1 atom stereocenters. The highest BCUT2D eigenvalue weighted by Crippen LogP contribution is 2.49. The van der Waals surface area contributed by atoms with Crippen LogP contribution in [0, 0.1) is 0 Å². The fraction of sp³-hybridized carbons (Fsp3) is 0.458. The molecule has 16 heteroatoms. The molecule has 4 aliphatic rings. The smallest absolute Gasteiger partial charge is 0.267 e. The maximum absolute atomic E-state index is 14.5. The van der Waals surface area contributed by atoms with Gasteiger partial charge >= 0.3 is 0 Å². The van der Waals surface area contributed by atoms with Crippen molar-refractivity contribution in [2.45, 2.75) is 90.0 Å². The number of benzene rings is 2. The first-order chi connectivity index (χ1) is 30.4. The van der Waals surface area contributed by atoms with Gasteiger partial charge in [0.2, 0.25) is 17.5 Å². The summed E-state index contributed by atoms with van der Waals surface area (Å²) in [6, 6.07) is 14.7. The number of amides is 4. The van der Waals surface area contributed by atoms with Gasteiger partial charge in [0.1, 0.15) is 18.8 Å². The van der Waals surface area contributed by atoms with Gasteiger partial charge in [-0.05, 0) is 50.8 Å². The Morgan fingerprint density at radius 1 is 0.828 bits per heavy atom. The number of allylic oxidation sites excluding steroid dienone is 5. The average molecular weight is 898 g/mol. The molecule has 0 saturated heterocycles. The highest BCUT2D eigenvalue weighted by atomic mass is 32.2. The van der Waals surface area contributed by atoms with Crippen molar-refractivity contribution in [2.75, 3.05) is 57.1 Å². The normalized spacial score (nSPS) is 19.1. The minimum Gasteiger partial charge on any atom is -0.378 e. The fourth-order valence-electron chi connectivity index (χ4n) is 8.85. The Bertz CT molecular complexity index is 2450. The highest BCUT2D eigenvalue weighted by Gasteiger charge is 2.47. The van der Waals surface area contributed by atoms with Crippen molar-refractivity contribution >= 4 is 56.6 Å². The number of rotatable bonds is 22. The van der Waals surface area contributed by atoms with Crippen LogP contribution in [0.15, 0.2) is 95.4 Å². The minimum absolute atomic E-state index is 0.119. The summed E-state index contributed by atoms with van der Waals surface area (Å²) in [6.45, 7) is 12.1. The molecule has 3 heterocycles. The van der Waals surface area contributed by atoms with Crippen molar-refractivity contribution in [3.05, 3.63) is 107 Å². The van der Waals surface area contributed by atoms with Crippen molar-refractivity contribution in [3.8, 4) is 0 Å². The molecule has 4 amide bonds. The Morgan fingerprint density at radius 2 is 1.52 bits per heavy atom. The van der Waals surface area contributed by atoms with E-state index in [1.54, 1.807) is 0 Å². The van der Waals surface area contributed by atoms with Gasteiger partial charge in [0.15, 0.2) is 11.5 Å². The number of hydrogen-bond acceptors (Lipinski definition) is 10. The molecule has 0 radical (unpaired) electrons. The van der Waals surface area contributed by atoms with E-state index in [1.165, 1.54) is 12.2 Å². The second-order valence-electron chi connectivity index (χ2n) is 17.6. The van der Waals surface area contributed by atoms with Gasteiger partial charge in [-0.1, -0.05) is 70.0 Å². The summed E-state index contributed by atoms with van der Waals surface area (Å²) < 4.78 is 42.5. The molecule has 0 fully saturated rings. The van der Waals surface area contributed by atoms with Gasteiger partial charge in [-0.2, -0.15) is 13.0 Å². The lowest BCUT2D eigenvalue weighted by Crippen LogP contribution is -2.50. The predicted octanol–water partition coefficient (Wildman–Crippen LogP) is 4.52. The van der Waals surface area contributed by atoms with Gasteiger partial charge in [-0.15, -0.1) is 0 Å². The number of anilines is 1. The zero-order valence-corrected chi connectivity index (χ0v) is 38.5. The predicted molar refractivity (Wildman–Crippen MR) is 245 cm³/mol. The molecule has 4 N–H and O–H groups in total. The summed E-state index contributed by atoms with van der Waals surface area (Å²) in [5, 5.41) is 8.62. The first-order valence-corrected chi connectivity index (χ1v) is 23.7. The first-order valence-electron chi connectivity index (χ1n) is 22.0. The number of hydrogen-bond donors (Lipinski definition) is 4. The van der Waals surface area contributed by atoms with Crippen LogP contribution in [-0.2, 0) is 49.7 Å². The Labute approximate surface area is 376 Å². The number of nitrogens with one attached hydrogen (secondary N) is 3. The molecule has 1 unspecified atom stereocenters. The minimum atomic E-state index is -4.69. The van der Waals surface area contributed by atoms with Gasteiger partial charge in [-0.25, -0.2) is 0 Å². The Morgan fingerprint density at radius 3 is 2.20 bits per heavy atom. The van der Waals surface area contributed by atoms with Gasteiger partial charge in [0.05, 0.1) is 36.4 Å². The van der Waals surface area contributed by atoms with E-state index in [9.17, 15) is 36.9 Å². The van der Waals surface area contributed by atoms with Crippen LogP contribution < -0.4 is 20.9 Å². The van der Waals surface area contributed by atoms with Crippen LogP contribution in [0.3, 0.4) is 0 Å². The van der Waals surface area contributed by atoms with Gasteiger partial charge in [0, 0.05) is 78.3 Å². The van der Waals surface area contributed by atoms with Crippen molar-refractivity contribution < 1.29 is 46.3 Å². The summed E-state index contributed by atoms with van der Waals surface area (Å²) in [7, 11) is -2.75. The molecule has 1 aliphatic carbocycles. The maximum Gasteiger partial charge on any atom is 0.267 e. The Hall–Kier alpha value is -5.71. The lowest BCUT2D eigenvalue weighted by atomic mass is 9.77. The lowest BCUT2D eigenvalue weighted by Gasteiger charge is -2.32. The summed E-state index contributed by atoms with van der Waals surface area (Å²) >= 11 is 0. The zero-order chi connectivity index (χ0) is 46.4. The van der Waals surface area contributed by atoms with Crippen LogP contribution in [0.5, 0.6) is 0 Å². The molecule has 15 nitrogen and oxygen atoms in total. The number of imide groups is 1. The number of fused-ring (bicyclic) bond motifs is 2. The molecule has 2 aromatic carbocycles. The zero-order valence-electron chi connectivity index (χ0n) is 37.7. The Kier molecular flexibility index (Phi) is 14.9. The van der Waals surface area contributed by atoms with E-state index in [2.05, 4.69) is 73.7 Å². The van der Waals surface area contributed by atoms with Gasteiger partial charge < -0.3 is 25.6 Å². The van der Waals surface area contributed by atoms with Crippen molar-refractivity contribution in [1.82, 2.24) is 20.9 Å². The first kappa shape index (κ1) is 47.8. The molecular formula is C48H61N6O9S+. The third-order valence-corrected chi connectivity index (χ3v) is 13.1. The second-order valence-corrected chi connectivity index (χ2v) is 19.1. The van der Waals surface area contributed by atoms with Crippen molar-refractivity contribution in [2.24, 2.45) is 0 Å². The maximum atomic E-state index is 14.5. The molecule has 3 aliphatic heterocycles. The summed E-state index contributed by atoms with van der Waals surface area (Å²) in [5.41, 5.74) is 5.93. The standard InChI is InChI=1S/C48H60N6O9S/c1-7-8-15-25-53-38-19-12-10-17-35(38)48(4,5)40(53)30-33-44(32(45(33)58)29-39-47(2,3)34-16-9-11-18-37(34)52(39)6)51-36(31-64(60,61)62)46(59)50-23-14-13-20-41(55)49-24-27-63-28-26-54-42(56)21-22-43(54)57/h9-12,16-19,21-22,29-30,36H,7-8,13-15,20,23-28,31H2,1-6H3,(H3-,49,50,51,55,58,59,60,61,62)/p+1. The van der Waals surface area contributed by atoms with Crippen LogP contribution in [0.2, 0.25) is 0 Å². The molecule has 6 rings (SSSR count). The van der Waals surface area contributed by atoms with E-state index in [4.69, 9.17) is 4.74 Å². The number of para-hydroxylation sites is 2. The van der Waals surface area contributed by atoms with E-state index in [1.807, 2.05) is 54.1 Å². The molecule has 64 heavy (non-hydrogen) atoms. The number of ketones is 1. The number of ether oxygens (including phenoxy) is 1. The van der Waals surface area contributed by atoms with E-state index in [0.29, 0.717) is 29.7 Å². The number of carbonyl (C=O) groups excluding carboxylic acids is 5. The van der Waals surface area contributed by atoms with E-state index in [-0.39, 0.29) is 62.8 Å². The molecule has 0 bridgehead atoms. The molecule has 0 spiro atoms. The quantitative estimate of drug-likeness (QED) is 0.0427.